The molecule has 0 unspecified atom stereocenters. The highest BCUT2D eigenvalue weighted by atomic mass is 16.2. The zero-order valence-electron chi connectivity index (χ0n) is 12.4. The van der Waals surface area contributed by atoms with Crippen LogP contribution < -0.4 is 5.32 Å². The van der Waals surface area contributed by atoms with Gasteiger partial charge in [-0.15, -0.1) is 0 Å². The quantitative estimate of drug-likeness (QED) is 0.931. The number of carbonyl (C=O) groups excluding carboxylic acids is 1. The van der Waals surface area contributed by atoms with Gasteiger partial charge in [0.1, 0.15) is 0 Å². The molecule has 0 radical (unpaired) electrons. The number of aryl methyl sites for hydroxylation is 1. The van der Waals surface area contributed by atoms with Crippen molar-refractivity contribution in [1.29, 1.82) is 0 Å². The number of benzene rings is 1. The number of aromatic nitrogens is 2. The summed E-state index contributed by atoms with van der Waals surface area (Å²) < 4.78 is 1.77. The van der Waals surface area contributed by atoms with Crippen LogP contribution in [0.5, 0.6) is 0 Å². The highest BCUT2D eigenvalue weighted by Crippen LogP contribution is 2.15. The zero-order valence-corrected chi connectivity index (χ0v) is 12.4. The van der Waals surface area contributed by atoms with E-state index in [4.69, 9.17) is 0 Å². The van der Waals surface area contributed by atoms with Crippen molar-refractivity contribution in [2.75, 3.05) is 20.1 Å². The minimum absolute atomic E-state index is 0.0311. The zero-order chi connectivity index (χ0) is 14.8. The van der Waals surface area contributed by atoms with Gasteiger partial charge >= 0.3 is 0 Å². The van der Waals surface area contributed by atoms with Crippen LogP contribution in [0.25, 0.3) is 5.69 Å². The maximum absolute atomic E-state index is 12.5. The van der Waals surface area contributed by atoms with Gasteiger partial charge < -0.3 is 10.2 Å². The molecule has 1 saturated heterocycles. The Bertz CT molecular complexity index is 643. The van der Waals surface area contributed by atoms with E-state index < -0.39 is 0 Å². The van der Waals surface area contributed by atoms with E-state index in [9.17, 15) is 4.79 Å². The number of amides is 1. The lowest BCUT2D eigenvalue weighted by molar-refractivity contribution is 0.0744. The molecule has 1 fully saturated rings. The van der Waals surface area contributed by atoms with Gasteiger partial charge in [0.25, 0.3) is 5.91 Å². The molecule has 1 atom stereocenters. The third-order valence-electron chi connectivity index (χ3n) is 4.09. The Hall–Kier alpha value is -2.14. The van der Waals surface area contributed by atoms with Crippen molar-refractivity contribution in [2.24, 2.45) is 0 Å². The van der Waals surface area contributed by atoms with Crippen LogP contribution in [0.3, 0.4) is 0 Å². The summed E-state index contributed by atoms with van der Waals surface area (Å²) in [5.41, 5.74) is 2.77. The molecular formula is C16H20N4O. The van der Waals surface area contributed by atoms with Gasteiger partial charge in [0.15, 0.2) is 0 Å². The Balaban J connectivity index is 1.81. The predicted molar refractivity (Wildman–Crippen MR) is 81.7 cm³/mol. The lowest BCUT2D eigenvalue weighted by Crippen LogP contribution is -2.38. The first-order chi connectivity index (χ1) is 10.2. The van der Waals surface area contributed by atoms with Crippen molar-refractivity contribution >= 4 is 5.91 Å². The highest BCUT2D eigenvalue weighted by Gasteiger charge is 2.24. The second-order valence-electron chi connectivity index (χ2n) is 5.52. The molecule has 1 aliphatic rings. The topological polar surface area (TPSA) is 50.2 Å². The van der Waals surface area contributed by atoms with Gasteiger partial charge in [-0.05, 0) is 31.5 Å². The van der Waals surface area contributed by atoms with Crippen LogP contribution in [0.4, 0.5) is 0 Å². The number of rotatable bonds is 3. The molecule has 1 aromatic carbocycles. The van der Waals surface area contributed by atoms with Gasteiger partial charge in [-0.1, -0.05) is 18.2 Å². The van der Waals surface area contributed by atoms with Crippen LogP contribution in [0.2, 0.25) is 0 Å². The number of hydrogen-bond donors (Lipinski definition) is 1. The van der Waals surface area contributed by atoms with E-state index >= 15 is 0 Å². The van der Waals surface area contributed by atoms with Crippen LogP contribution >= 0.6 is 0 Å². The molecule has 110 valence electrons. The molecular weight excluding hydrogens is 264 g/mol. The summed E-state index contributed by atoms with van der Waals surface area (Å²) in [4.78, 5) is 14.3. The van der Waals surface area contributed by atoms with E-state index in [0.717, 1.165) is 30.8 Å². The normalized spacial score (nSPS) is 17.9. The lowest BCUT2D eigenvalue weighted by Gasteiger charge is -2.23. The van der Waals surface area contributed by atoms with Gasteiger partial charge in [-0.2, -0.15) is 5.10 Å². The smallest absolute Gasteiger partial charge is 0.257 e. The molecule has 0 saturated carbocycles. The van der Waals surface area contributed by atoms with Crippen LogP contribution in [0, 0.1) is 6.92 Å². The van der Waals surface area contributed by atoms with Crippen LogP contribution in [0.1, 0.15) is 22.3 Å². The molecule has 1 aliphatic heterocycles. The lowest BCUT2D eigenvalue weighted by atomic mass is 10.2. The van der Waals surface area contributed by atoms with Crippen LogP contribution in [-0.2, 0) is 0 Å². The van der Waals surface area contributed by atoms with Crippen LogP contribution in [0.15, 0.2) is 36.7 Å². The maximum atomic E-state index is 12.5. The first-order valence-corrected chi connectivity index (χ1v) is 7.25. The molecule has 5 heteroatoms. The Morgan fingerprint density at radius 1 is 1.43 bits per heavy atom. The number of hydrogen-bond acceptors (Lipinski definition) is 3. The summed E-state index contributed by atoms with van der Waals surface area (Å²) in [5.74, 6) is 0.0311. The molecule has 1 aromatic heterocycles. The minimum atomic E-state index is 0.0311. The van der Waals surface area contributed by atoms with E-state index in [0.29, 0.717) is 5.56 Å². The van der Waals surface area contributed by atoms with E-state index in [1.807, 2.05) is 49.3 Å². The number of para-hydroxylation sites is 1. The molecule has 0 spiro atoms. The van der Waals surface area contributed by atoms with Crippen molar-refractivity contribution < 1.29 is 4.79 Å². The first kappa shape index (κ1) is 13.8. The maximum Gasteiger partial charge on any atom is 0.257 e. The summed E-state index contributed by atoms with van der Waals surface area (Å²) in [6.45, 7) is 3.88. The summed E-state index contributed by atoms with van der Waals surface area (Å²) >= 11 is 0. The third-order valence-corrected chi connectivity index (χ3v) is 4.09. The fourth-order valence-electron chi connectivity index (χ4n) is 2.72. The monoisotopic (exact) mass is 284 g/mol. The van der Waals surface area contributed by atoms with Gasteiger partial charge in [0.05, 0.1) is 17.4 Å². The van der Waals surface area contributed by atoms with Crippen LogP contribution in [-0.4, -0.2) is 46.8 Å². The second-order valence-corrected chi connectivity index (χ2v) is 5.52. The van der Waals surface area contributed by atoms with Crippen molar-refractivity contribution in [3.8, 4) is 5.69 Å². The summed E-state index contributed by atoms with van der Waals surface area (Å²) in [6, 6.07) is 8.28. The average Bonchev–Trinajstić information content (AvgIpc) is 3.17. The molecule has 3 rings (SSSR count). The second kappa shape index (κ2) is 5.69. The van der Waals surface area contributed by atoms with Gasteiger partial charge in [0.2, 0.25) is 0 Å². The summed E-state index contributed by atoms with van der Waals surface area (Å²) in [6.07, 6.45) is 4.46. The van der Waals surface area contributed by atoms with Crippen molar-refractivity contribution in [2.45, 2.75) is 19.4 Å². The van der Waals surface area contributed by atoms with Crippen molar-refractivity contribution in [3.05, 3.63) is 47.8 Å². The van der Waals surface area contributed by atoms with E-state index in [1.54, 1.807) is 10.9 Å². The molecule has 1 amide bonds. The van der Waals surface area contributed by atoms with E-state index in [1.165, 1.54) is 0 Å². The van der Waals surface area contributed by atoms with Gasteiger partial charge in [-0.3, -0.25) is 4.79 Å². The Labute approximate surface area is 124 Å². The Morgan fingerprint density at radius 3 is 2.95 bits per heavy atom. The van der Waals surface area contributed by atoms with Gasteiger partial charge in [-0.25, -0.2) is 4.68 Å². The average molecular weight is 284 g/mol. The third kappa shape index (κ3) is 2.69. The standard InChI is InChI=1S/C16H20N4O/c1-12-5-3-4-6-15(12)20-11-13(9-18-20)16(21)19(2)14-7-8-17-10-14/h3-6,9,11,14,17H,7-8,10H2,1-2H3/t14-/m0/s1. The first-order valence-electron chi connectivity index (χ1n) is 7.25. The SMILES string of the molecule is Cc1ccccc1-n1cc(C(=O)N(C)[C@H]2CCNC2)cn1. The highest BCUT2D eigenvalue weighted by molar-refractivity contribution is 5.93. The Morgan fingerprint density at radius 2 is 2.24 bits per heavy atom. The fraction of sp³-hybridized carbons (Fsp3) is 0.375. The molecule has 21 heavy (non-hydrogen) atoms. The number of likely N-dealkylation sites (N-methyl/N-ethyl adjacent to an activating group) is 1. The molecule has 0 bridgehead atoms. The van der Waals surface area contributed by atoms with E-state index in [2.05, 4.69) is 10.4 Å². The molecule has 2 aromatic rings. The predicted octanol–water partition coefficient (Wildman–Crippen LogP) is 1.61. The summed E-state index contributed by atoms with van der Waals surface area (Å²) in [5, 5.41) is 7.61. The largest absolute Gasteiger partial charge is 0.337 e. The molecule has 0 aliphatic carbocycles. The Kier molecular flexibility index (Phi) is 3.75. The number of nitrogens with one attached hydrogen (secondary N) is 1. The van der Waals surface area contributed by atoms with E-state index in [-0.39, 0.29) is 11.9 Å². The number of nitrogens with zero attached hydrogens (tertiary/aromatic N) is 3. The molecule has 5 nitrogen and oxygen atoms in total. The molecule has 1 N–H and O–H groups in total. The minimum Gasteiger partial charge on any atom is -0.337 e. The number of carbonyl (C=O) groups is 1. The van der Waals surface area contributed by atoms with Crippen molar-refractivity contribution in [3.63, 3.8) is 0 Å². The fourth-order valence-corrected chi connectivity index (χ4v) is 2.72. The molecule has 2 heterocycles. The van der Waals surface area contributed by atoms with Crippen molar-refractivity contribution in [1.82, 2.24) is 20.0 Å². The summed E-state index contributed by atoms with van der Waals surface area (Å²) in [7, 11) is 1.87. The van der Waals surface area contributed by atoms with Gasteiger partial charge in [0, 0.05) is 25.8 Å².